The molecule has 1 unspecified atom stereocenters. The molecule has 2 atom stereocenters. The Hall–Kier alpha value is -3.79. The monoisotopic (exact) mass is 906 g/mol. The number of carbonyl (C=O) groups is 4. The maximum absolute atomic E-state index is 13.2. The number of fused-ring (bicyclic) bond motifs is 3. The van der Waals surface area contributed by atoms with Gasteiger partial charge >= 0.3 is 24.0 Å². The zero-order valence-electron chi connectivity index (χ0n) is 40.1. The average molecular weight is 906 g/mol. The lowest BCUT2D eigenvalue weighted by Crippen LogP contribution is -2.44. The van der Waals surface area contributed by atoms with E-state index < -0.39 is 24.2 Å². The van der Waals surface area contributed by atoms with Crippen LogP contribution >= 0.6 is 11.8 Å². The van der Waals surface area contributed by atoms with Gasteiger partial charge in [0.1, 0.15) is 32.0 Å². The van der Waals surface area contributed by atoms with Gasteiger partial charge in [0.15, 0.2) is 0 Å². The molecular weight excluding hydrogens is 823 g/mol. The van der Waals surface area contributed by atoms with E-state index in [-0.39, 0.29) is 49.2 Å². The van der Waals surface area contributed by atoms with Crippen molar-refractivity contribution in [3.8, 4) is 11.1 Å². The highest BCUT2D eigenvalue weighted by Gasteiger charge is 2.30. The Morgan fingerprint density at radius 2 is 1.08 bits per heavy atom. The summed E-state index contributed by atoms with van der Waals surface area (Å²) >= 11 is 1.31. The third-order valence-electron chi connectivity index (χ3n) is 11.9. The Labute approximate surface area is 391 Å². The number of hydrogen-bond acceptors (Lipinski definition) is 9. The molecule has 2 aromatic carbocycles. The van der Waals surface area contributed by atoms with Gasteiger partial charge in [-0.1, -0.05) is 204 Å². The van der Waals surface area contributed by atoms with Crippen LogP contribution in [-0.4, -0.2) is 67.5 Å². The summed E-state index contributed by atoms with van der Waals surface area (Å²) in [6.07, 6.45) is 24.1. The summed E-state index contributed by atoms with van der Waals surface area (Å²) < 4.78 is 22.6. The number of ether oxygens (including phenoxy) is 4. The van der Waals surface area contributed by atoms with Crippen molar-refractivity contribution in [2.45, 2.75) is 187 Å². The second-order valence-electron chi connectivity index (χ2n) is 18.5. The summed E-state index contributed by atoms with van der Waals surface area (Å²) in [5, 5.41) is 2.70. The van der Waals surface area contributed by atoms with Gasteiger partial charge in [0.05, 0.1) is 0 Å². The van der Waals surface area contributed by atoms with Crippen molar-refractivity contribution >= 4 is 35.8 Å². The molecule has 0 saturated carbocycles. The van der Waals surface area contributed by atoms with Gasteiger partial charge in [-0.25, -0.2) is 9.59 Å². The Bertz CT molecular complexity index is 1580. The molecule has 1 aliphatic rings. The van der Waals surface area contributed by atoms with Crippen LogP contribution in [0.3, 0.4) is 0 Å². The number of hydrogen-bond donors (Lipinski definition) is 1. The summed E-state index contributed by atoms with van der Waals surface area (Å²) in [7, 11) is 0. The Morgan fingerprint density at radius 1 is 0.609 bits per heavy atom. The van der Waals surface area contributed by atoms with Crippen LogP contribution in [-0.2, 0) is 33.3 Å². The third-order valence-corrected chi connectivity index (χ3v) is 13.1. The highest BCUT2D eigenvalue weighted by atomic mass is 32.2. The number of carbonyl (C=O) groups excluding carboxylic acids is 4. The van der Waals surface area contributed by atoms with Crippen LogP contribution in [0.25, 0.3) is 11.1 Å². The lowest BCUT2D eigenvalue weighted by molar-refractivity contribution is -0.157. The van der Waals surface area contributed by atoms with E-state index >= 15 is 0 Å². The largest absolute Gasteiger partial charge is 0.462 e. The molecule has 0 spiro atoms. The van der Waals surface area contributed by atoms with Crippen molar-refractivity contribution < 1.29 is 38.1 Å². The number of rotatable bonds is 37. The van der Waals surface area contributed by atoms with Crippen LogP contribution in [0.1, 0.15) is 186 Å². The molecule has 0 saturated heterocycles. The summed E-state index contributed by atoms with van der Waals surface area (Å²) in [4.78, 5) is 52.2. The quantitative estimate of drug-likeness (QED) is 0.0306. The number of esters is 3. The predicted molar refractivity (Wildman–Crippen MR) is 263 cm³/mol. The molecule has 0 aliphatic heterocycles. The number of nitrogens with one attached hydrogen (secondary N) is 1. The SMILES string of the molecule is C=CCOC(=O)C(CSC[C@@H](COC(=O)CCCCCCCCCCCC(C)C)OC(=O)CCCCCCCCCCCC(C)C)NC(=O)OCC1c2ccccc2-c2ccccc21. The molecule has 3 rings (SSSR count). The van der Waals surface area contributed by atoms with Crippen LogP contribution in [0.4, 0.5) is 4.79 Å². The zero-order chi connectivity index (χ0) is 46.2. The van der Waals surface area contributed by atoms with Gasteiger partial charge in [0.2, 0.25) is 0 Å². The van der Waals surface area contributed by atoms with E-state index in [0.29, 0.717) is 12.8 Å². The van der Waals surface area contributed by atoms with Crippen LogP contribution in [0.2, 0.25) is 0 Å². The molecule has 0 bridgehead atoms. The summed E-state index contributed by atoms with van der Waals surface area (Å²) in [6.45, 7) is 12.8. The highest BCUT2D eigenvalue weighted by molar-refractivity contribution is 7.99. The van der Waals surface area contributed by atoms with Gasteiger partial charge < -0.3 is 24.3 Å². The van der Waals surface area contributed by atoms with Crippen molar-refractivity contribution in [2.24, 2.45) is 11.8 Å². The Kier molecular flexibility index (Phi) is 28.7. The van der Waals surface area contributed by atoms with Crippen molar-refractivity contribution in [3.05, 3.63) is 72.3 Å². The first-order chi connectivity index (χ1) is 31.1. The molecule has 1 amide bonds. The maximum atomic E-state index is 13.2. The normalized spacial score (nSPS) is 13.0. The molecular formula is C54H83NO8S. The maximum Gasteiger partial charge on any atom is 0.407 e. The minimum atomic E-state index is -1.04. The molecule has 358 valence electrons. The second-order valence-corrected chi connectivity index (χ2v) is 19.6. The molecule has 64 heavy (non-hydrogen) atoms. The average Bonchev–Trinajstić information content (AvgIpc) is 3.60. The zero-order valence-corrected chi connectivity index (χ0v) is 40.9. The topological polar surface area (TPSA) is 117 Å². The second kappa shape index (κ2) is 33.7. The highest BCUT2D eigenvalue weighted by Crippen LogP contribution is 2.44. The first kappa shape index (κ1) is 54.5. The van der Waals surface area contributed by atoms with E-state index in [0.717, 1.165) is 72.6 Å². The van der Waals surface area contributed by atoms with Gasteiger partial charge in [-0.3, -0.25) is 9.59 Å². The van der Waals surface area contributed by atoms with Crippen LogP contribution < -0.4 is 5.32 Å². The van der Waals surface area contributed by atoms with E-state index in [1.807, 2.05) is 36.4 Å². The smallest absolute Gasteiger partial charge is 0.407 e. The number of unbranched alkanes of at least 4 members (excludes halogenated alkanes) is 16. The Balaban J connectivity index is 1.47. The van der Waals surface area contributed by atoms with E-state index in [1.165, 1.54) is 108 Å². The fourth-order valence-corrected chi connectivity index (χ4v) is 9.27. The minimum Gasteiger partial charge on any atom is -0.462 e. The van der Waals surface area contributed by atoms with Gasteiger partial charge in [0, 0.05) is 30.3 Å². The minimum absolute atomic E-state index is 0.0143. The molecule has 1 aliphatic carbocycles. The lowest BCUT2D eigenvalue weighted by Gasteiger charge is -2.21. The van der Waals surface area contributed by atoms with Gasteiger partial charge in [-0.05, 0) is 46.9 Å². The predicted octanol–water partition coefficient (Wildman–Crippen LogP) is 13.7. The number of benzene rings is 2. The first-order valence-electron chi connectivity index (χ1n) is 24.9. The lowest BCUT2D eigenvalue weighted by atomic mass is 9.98. The molecule has 1 N–H and O–H groups in total. The van der Waals surface area contributed by atoms with Crippen LogP contribution in [0.5, 0.6) is 0 Å². The van der Waals surface area contributed by atoms with Crippen molar-refractivity contribution in [2.75, 3.05) is 31.3 Å². The summed E-state index contributed by atoms with van der Waals surface area (Å²) in [5.74, 6) is 0.540. The number of thioether (sulfide) groups is 1. The molecule has 0 fully saturated rings. The summed E-state index contributed by atoms with van der Waals surface area (Å²) in [6, 6.07) is 15.1. The van der Waals surface area contributed by atoms with E-state index in [2.05, 4.69) is 51.7 Å². The summed E-state index contributed by atoms with van der Waals surface area (Å²) in [5.41, 5.74) is 4.41. The fraction of sp³-hybridized carbons (Fsp3) is 0.667. The van der Waals surface area contributed by atoms with Gasteiger partial charge in [-0.2, -0.15) is 11.8 Å². The van der Waals surface area contributed by atoms with Crippen molar-refractivity contribution in [1.82, 2.24) is 5.32 Å². The van der Waals surface area contributed by atoms with Crippen molar-refractivity contribution in [3.63, 3.8) is 0 Å². The molecule has 9 nitrogen and oxygen atoms in total. The van der Waals surface area contributed by atoms with Gasteiger partial charge in [0.25, 0.3) is 0 Å². The standard InChI is InChI=1S/C54H83NO8S/c1-6-37-60-53(58)50(55-54(59)62-39-49-47-33-27-25-31-45(47)46-32-26-28-34-48(46)49)41-64-40-44(63-52(57)36-24-20-16-12-8-10-14-18-22-30-43(4)5)38-61-51(56)35-23-19-15-11-7-9-13-17-21-29-42(2)3/h6,25-28,31-34,42-44,49-50H,1,7-24,29-30,35-41H2,2-5H3,(H,55,59)/t44-,50?/m1/s1. The molecule has 10 heteroatoms. The van der Waals surface area contributed by atoms with E-state index in [9.17, 15) is 19.2 Å². The fourth-order valence-electron chi connectivity index (χ4n) is 8.25. The molecule has 2 aromatic rings. The van der Waals surface area contributed by atoms with Crippen LogP contribution in [0, 0.1) is 11.8 Å². The molecule has 0 aromatic heterocycles. The molecule has 0 radical (unpaired) electrons. The van der Waals surface area contributed by atoms with E-state index in [4.69, 9.17) is 18.9 Å². The first-order valence-corrected chi connectivity index (χ1v) is 26.1. The van der Waals surface area contributed by atoms with Gasteiger partial charge in [-0.15, -0.1) is 0 Å². The van der Waals surface area contributed by atoms with Crippen LogP contribution in [0.15, 0.2) is 61.2 Å². The Morgan fingerprint density at radius 3 is 1.58 bits per heavy atom. The third kappa shape index (κ3) is 23.4. The molecule has 0 heterocycles. The number of alkyl carbamates (subject to hydrolysis) is 1. The van der Waals surface area contributed by atoms with E-state index in [1.54, 1.807) is 0 Å². The number of amides is 1. The van der Waals surface area contributed by atoms with Crippen molar-refractivity contribution in [1.29, 1.82) is 0 Å².